The van der Waals surface area contributed by atoms with E-state index in [1.165, 1.54) is 38.5 Å². The highest BCUT2D eigenvalue weighted by molar-refractivity contribution is 4.94. The van der Waals surface area contributed by atoms with Gasteiger partial charge in [-0.15, -0.1) is 0 Å². The first-order chi connectivity index (χ1) is 9.21. The van der Waals surface area contributed by atoms with Gasteiger partial charge in [-0.25, -0.2) is 0 Å². The van der Waals surface area contributed by atoms with Gasteiger partial charge in [0.05, 0.1) is 24.2 Å². The summed E-state index contributed by atoms with van der Waals surface area (Å²) in [5.74, 6) is 0.891. The van der Waals surface area contributed by atoms with Gasteiger partial charge >= 0.3 is 0 Å². The number of nitrogens with zero attached hydrogens (tertiary/aromatic N) is 1. The number of hydrogen-bond donors (Lipinski definition) is 0. The minimum Gasteiger partial charge on any atom is -0.374 e. The largest absolute Gasteiger partial charge is 0.374 e. The monoisotopic (exact) mass is 265 g/mol. The van der Waals surface area contributed by atoms with Crippen molar-refractivity contribution in [3.05, 3.63) is 0 Å². The highest BCUT2D eigenvalue weighted by Crippen LogP contribution is 2.33. The zero-order valence-corrected chi connectivity index (χ0v) is 13.0. The molecule has 0 aromatic rings. The predicted molar refractivity (Wildman–Crippen MR) is 79.8 cm³/mol. The smallest absolute Gasteiger partial charge is 0.0739 e. The van der Waals surface area contributed by atoms with Crippen LogP contribution in [0.5, 0.6) is 0 Å². The first kappa shape index (κ1) is 16.5. The maximum Gasteiger partial charge on any atom is 0.0739 e. The lowest BCUT2D eigenvalue weighted by Gasteiger charge is -2.34. The molecular formula is C17H31NO. The summed E-state index contributed by atoms with van der Waals surface area (Å²) < 4.78 is 6.18. The number of rotatable bonds is 8. The molecule has 2 nitrogen and oxygen atoms in total. The molecule has 1 aliphatic carbocycles. The average molecular weight is 265 g/mol. The van der Waals surface area contributed by atoms with Crippen molar-refractivity contribution in [2.75, 3.05) is 0 Å². The normalized spacial score (nSPS) is 28.8. The van der Waals surface area contributed by atoms with Gasteiger partial charge in [0.2, 0.25) is 0 Å². The molecule has 0 aromatic heterocycles. The fraction of sp³-hybridized carbons (Fsp3) is 0.941. The Bertz CT molecular complexity index is 271. The van der Waals surface area contributed by atoms with Crippen molar-refractivity contribution in [2.45, 2.75) is 90.8 Å². The SMILES string of the molecule is CCCCCCC(C)OC1CC(CC)CCC1C#N. The third-order valence-corrected chi connectivity index (χ3v) is 4.51. The third-order valence-electron chi connectivity index (χ3n) is 4.51. The molecular weight excluding hydrogens is 234 g/mol. The minimum atomic E-state index is 0.126. The van der Waals surface area contributed by atoms with Gasteiger partial charge in [-0.2, -0.15) is 5.26 Å². The Labute approximate surface area is 119 Å². The van der Waals surface area contributed by atoms with Crippen molar-refractivity contribution in [3.8, 4) is 6.07 Å². The minimum absolute atomic E-state index is 0.126. The van der Waals surface area contributed by atoms with E-state index in [9.17, 15) is 5.26 Å². The van der Waals surface area contributed by atoms with Crippen LogP contribution in [0.15, 0.2) is 0 Å². The van der Waals surface area contributed by atoms with E-state index in [1.54, 1.807) is 0 Å². The van der Waals surface area contributed by atoms with Gasteiger partial charge in [0, 0.05) is 0 Å². The Morgan fingerprint density at radius 3 is 2.63 bits per heavy atom. The molecule has 1 saturated carbocycles. The van der Waals surface area contributed by atoms with Gasteiger partial charge in [-0.05, 0) is 38.5 Å². The Balaban J connectivity index is 2.32. The molecule has 1 fully saturated rings. The molecule has 0 amide bonds. The first-order valence-corrected chi connectivity index (χ1v) is 8.26. The lowest BCUT2D eigenvalue weighted by atomic mass is 9.79. The molecule has 0 aromatic carbocycles. The highest BCUT2D eigenvalue weighted by atomic mass is 16.5. The summed E-state index contributed by atoms with van der Waals surface area (Å²) in [5, 5.41) is 9.25. The summed E-state index contributed by atoms with van der Waals surface area (Å²) in [4.78, 5) is 0. The second kappa shape index (κ2) is 9.37. The molecule has 0 heterocycles. The Morgan fingerprint density at radius 1 is 1.21 bits per heavy atom. The number of nitriles is 1. The maximum absolute atomic E-state index is 9.25. The fourth-order valence-electron chi connectivity index (χ4n) is 3.11. The number of hydrogen-bond acceptors (Lipinski definition) is 2. The lowest BCUT2D eigenvalue weighted by molar-refractivity contribution is -0.0544. The second-order valence-electron chi connectivity index (χ2n) is 6.16. The zero-order chi connectivity index (χ0) is 14.1. The van der Waals surface area contributed by atoms with Gasteiger partial charge in [-0.1, -0.05) is 46.0 Å². The van der Waals surface area contributed by atoms with E-state index in [-0.39, 0.29) is 12.0 Å². The molecule has 0 N–H and O–H groups in total. The van der Waals surface area contributed by atoms with Gasteiger partial charge < -0.3 is 4.74 Å². The molecule has 2 heteroatoms. The van der Waals surface area contributed by atoms with Crippen LogP contribution in [0.2, 0.25) is 0 Å². The summed E-state index contributed by atoms with van der Waals surface area (Å²) in [5.41, 5.74) is 0. The number of unbranched alkanes of at least 4 members (excludes halogenated alkanes) is 3. The highest BCUT2D eigenvalue weighted by Gasteiger charge is 2.31. The van der Waals surface area contributed by atoms with Gasteiger partial charge in [0.1, 0.15) is 0 Å². The van der Waals surface area contributed by atoms with Crippen molar-refractivity contribution < 1.29 is 4.74 Å². The number of ether oxygens (including phenoxy) is 1. The predicted octanol–water partition coefficient (Wildman–Crippen LogP) is 5.08. The van der Waals surface area contributed by atoms with Crippen molar-refractivity contribution in [1.82, 2.24) is 0 Å². The molecule has 4 atom stereocenters. The van der Waals surface area contributed by atoms with Crippen molar-refractivity contribution in [2.24, 2.45) is 11.8 Å². The van der Waals surface area contributed by atoms with E-state index >= 15 is 0 Å². The standard InChI is InChI=1S/C17H31NO/c1-4-6-7-8-9-14(3)19-17-12-15(5-2)10-11-16(17)13-18/h14-17H,4-12H2,1-3H3. The topological polar surface area (TPSA) is 33.0 Å². The summed E-state index contributed by atoms with van der Waals surface area (Å²) >= 11 is 0. The quantitative estimate of drug-likeness (QED) is 0.573. The molecule has 1 rings (SSSR count). The van der Waals surface area contributed by atoms with Crippen LogP contribution >= 0.6 is 0 Å². The average Bonchev–Trinajstić information content (AvgIpc) is 2.43. The van der Waals surface area contributed by atoms with Crippen molar-refractivity contribution >= 4 is 0 Å². The van der Waals surface area contributed by atoms with E-state index < -0.39 is 0 Å². The van der Waals surface area contributed by atoms with Gasteiger partial charge in [0.15, 0.2) is 0 Å². The van der Waals surface area contributed by atoms with Gasteiger partial charge in [0.25, 0.3) is 0 Å². The first-order valence-electron chi connectivity index (χ1n) is 8.26. The zero-order valence-electron chi connectivity index (χ0n) is 13.0. The van der Waals surface area contributed by atoms with E-state index in [4.69, 9.17) is 4.74 Å². The van der Waals surface area contributed by atoms with E-state index in [0.29, 0.717) is 6.10 Å². The molecule has 0 bridgehead atoms. The van der Waals surface area contributed by atoms with E-state index in [1.807, 2.05) is 0 Å². The van der Waals surface area contributed by atoms with Crippen LogP contribution < -0.4 is 0 Å². The molecule has 0 aliphatic heterocycles. The Morgan fingerprint density at radius 2 is 2.00 bits per heavy atom. The third kappa shape index (κ3) is 5.95. The molecule has 0 spiro atoms. The summed E-state index contributed by atoms with van der Waals surface area (Å²) in [6, 6.07) is 2.46. The molecule has 19 heavy (non-hydrogen) atoms. The Hall–Kier alpha value is -0.550. The molecule has 1 aliphatic rings. The van der Waals surface area contributed by atoms with Crippen LogP contribution in [0.25, 0.3) is 0 Å². The second-order valence-corrected chi connectivity index (χ2v) is 6.16. The lowest BCUT2D eigenvalue weighted by Crippen LogP contribution is -2.33. The summed E-state index contributed by atoms with van der Waals surface area (Å²) in [6.07, 6.45) is 11.4. The van der Waals surface area contributed by atoms with Crippen LogP contribution in [0.3, 0.4) is 0 Å². The molecule has 0 saturated heterocycles. The van der Waals surface area contributed by atoms with E-state index in [2.05, 4.69) is 26.8 Å². The molecule has 4 unspecified atom stereocenters. The van der Waals surface area contributed by atoms with Crippen molar-refractivity contribution in [1.29, 1.82) is 5.26 Å². The van der Waals surface area contributed by atoms with Gasteiger partial charge in [-0.3, -0.25) is 0 Å². The molecule has 0 radical (unpaired) electrons. The van der Waals surface area contributed by atoms with E-state index in [0.717, 1.165) is 25.2 Å². The molecule has 110 valence electrons. The van der Waals surface area contributed by atoms with Crippen LogP contribution in [0.4, 0.5) is 0 Å². The Kier molecular flexibility index (Phi) is 8.14. The van der Waals surface area contributed by atoms with Crippen LogP contribution in [-0.2, 0) is 4.74 Å². The van der Waals surface area contributed by atoms with Crippen LogP contribution in [0, 0.1) is 23.2 Å². The summed E-state index contributed by atoms with van der Waals surface area (Å²) in [7, 11) is 0. The summed E-state index contributed by atoms with van der Waals surface area (Å²) in [6.45, 7) is 6.67. The fourth-order valence-corrected chi connectivity index (χ4v) is 3.11. The maximum atomic E-state index is 9.25. The van der Waals surface area contributed by atoms with Crippen LogP contribution in [-0.4, -0.2) is 12.2 Å². The van der Waals surface area contributed by atoms with Crippen LogP contribution in [0.1, 0.15) is 78.6 Å². The van der Waals surface area contributed by atoms with Crippen molar-refractivity contribution in [3.63, 3.8) is 0 Å².